The third-order valence-corrected chi connectivity index (χ3v) is 3.24. The molecule has 0 saturated carbocycles. The van der Waals surface area contributed by atoms with E-state index in [0.717, 1.165) is 22.5 Å². The number of aryl methyl sites for hydroxylation is 1. The number of hydrogen-bond acceptors (Lipinski definition) is 2. The van der Waals surface area contributed by atoms with Crippen LogP contribution in [-0.2, 0) is 4.79 Å². The van der Waals surface area contributed by atoms with E-state index in [4.69, 9.17) is 0 Å². The molecular formula is C18H19FN2O. The summed E-state index contributed by atoms with van der Waals surface area (Å²) in [5, 5.41) is 2.81. The molecular weight excluding hydrogens is 279 g/mol. The second-order valence-electron chi connectivity index (χ2n) is 5.27. The zero-order valence-corrected chi connectivity index (χ0v) is 12.9. The van der Waals surface area contributed by atoms with Crippen LogP contribution in [0.5, 0.6) is 0 Å². The molecule has 2 aromatic carbocycles. The van der Waals surface area contributed by atoms with Gasteiger partial charge in [-0.05, 0) is 54.5 Å². The molecule has 0 saturated heterocycles. The number of amides is 1. The zero-order valence-electron chi connectivity index (χ0n) is 12.9. The molecule has 1 N–H and O–H groups in total. The molecule has 0 aromatic heterocycles. The van der Waals surface area contributed by atoms with E-state index in [2.05, 4.69) is 5.32 Å². The summed E-state index contributed by atoms with van der Waals surface area (Å²) in [5.74, 6) is -0.514. The van der Waals surface area contributed by atoms with E-state index in [1.807, 2.05) is 44.1 Å². The van der Waals surface area contributed by atoms with Gasteiger partial charge in [-0.1, -0.05) is 12.1 Å². The summed E-state index contributed by atoms with van der Waals surface area (Å²) in [5.41, 5.74) is 3.72. The van der Waals surface area contributed by atoms with Gasteiger partial charge < -0.3 is 10.2 Å². The molecule has 3 nitrogen and oxygen atoms in total. The lowest BCUT2D eigenvalue weighted by Gasteiger charge is -2.16. The van der Waals surface area contributed by atoms with Crippen LogP contribution in [0.25, 0.3) is 6.08 Å². The first kappa shape index (κ1) is 15.8. The van der Waals surface area contributed by atoms with Crippen LogP contribution in [0.1, 0.15) is 11.1 Å². The number of anilines is 2. The van der Waals surface area contributed by atoms with Crippen LogP contribution in [0.4, 0.5) is 15.8 Å². The molecule has 4 heteroatoms. The molecule has 0 aliphatic rings. The van der Waals surface area contributed by atoms with Gasteiger partial charge in [0.1, 0.15) is 5.82 Å². The summed E-state index contributed by atoms with van der Waals surface area (Å²) < 4.78 is 12.8. The zero-order chi connectivity index (χ0) is 16.1. The predicted molar refractivity (Wildman–Crippen MR) is 89.6 cm³/mol. The van der Waals surface area contributed by atoms with E-state index in [-0.39, 0.29) is 11.7 Å². The highest BCUT2D eigenvalue weighted by Gasteiger charge is 2.03. The Balaban J connectivity index is 2.03. The van der Waals surface area contributed by atoms with Crippen molar-refractivity contribution in [3.05, 3.63) is 65.5 Å². The lowest BCUT2D eigenvalue weighted by atomic mass is 10.1. The van der Waals surface area contributed by atoms with Crippen molar-refractivity contribution in [3.8, 4) is 0 Å². The minimum absolute atomic E-state index is 0.221. The maximum absolute atomic E-state index is 12.8. The lowest BCUT2D eigenvalue weighted by molar-refractivity contribution is -0.111. The fourth-order valence-electron chi connectivity index (χ4n) is 2.16. The molecule has 0 spiro atoms. The number of carbonyl (C=O) groups excluding carboxylic acids is 1. The average molecular weight is 298 g/mol. The highest BCUT2D eigenvalue weighted by molar-refractivity contribution is 6.02. The molecule has 0 fully saturated rings. The van der Waals surface area contributed by atoms with E-state index in [9.17, 15) is 9.18 Å². The van der Waals surface area contributed by atoms with E-state index in [1.165, 1.54) is 18.2 Å². The van der Waals surface area contributed by atoms with Crippen molar-refractivity contribution in [3.63, 3.8) is 0 Å². The van der Waals surface area contributed by atoms with Crippen LogP contribution < -0.4 is 10.2 Å². The lowest BCUT2D eigenvalue weighted by Crippen LogP contribution is -2.11. The Morgan fingerprint density at radius 3 is 2.41 bits per heavy atom. The normalized spacial score (nSPS) is 10.7. The van der Waals surface area contributed by atoms with Crippen molar-refractivity contribution in [2.75, 3.05) is 24.3 Å². The van der Waals surface area contributed by atoms with Crippen LogP contribution >= 0.6 is 0 Å². The second kappa shape index (κ2) is 6.89. The Morgan fingerprint density at radius 1 is 1.14 bits per heavy atom. The molecule has 0 bridgehead atoms. The number of nitrogens with zero attached hydrogens (tertiary/aromatic N) is 1. The van der Waals surface area contributed by atoms with E-state index in [0.29, 0.717) is 0 Å². The first-order valence-electron chi connectivity index (χ1n) is 6.98. The topological polar surface area (TPSA) is 32.3 Å². The Labute approximate surface area is 130 Å². The minimum Gasteiger partial charge on any atom is -0.377 e. The third kappa shape index (κ3) is 4.19. The fourth-order valence-corrected chi connectivity index (χ4v) is 2.16. The highest BCUT2D eigenvalue weighted by atomic mass is 19.1. The van der Waals surface area contributed by atoms with Gasteiger partial charge in [-0.15, -0.1) is 0 Å². The summed E-state index contributed by atoms with van der Waals surface area (Å²) >= 11 is 0. The summed E-state index contributed by atoms with van der Waals surface area (Å²) in [7, 11) is 3.96. The Kier molecular flexibility index (Phi) is 4.94. The van der Waals surface area contributed by atoms with Crippen molar-refractivity contribution in [2.24, 2.45) is 0 Å². The monoisotopic (exact) mass is 298 g/mol. The molecule has 1 amide bonds. The molecule has 2 aromatic rings. The quantitative estimate of drug-likeness (QED) is 0.870. The highest BCUT2D eigenvalue weighted by Crippen LogP contribution is 2.21. The Bertz CT molecular complexity index is 691. The van der Waals surface area contributed by atoms with Crippen LogP contribution in [0, 0.1) is 12.7 Å². The van der Waals surface area contributed by atoms with Crippen molar-refractivity contribution in [1.82, 2.24) is 0 Å². The fraction of sp³-hybridized carbons (Fsp3) is 0.167. The van der Waals surface area contributed by atoms with Crippen LogP contribution in [0.2, 0.25) is 0 Å². The first-order valence-corrected chi connectivity index (χ1v) is 6.98. The van der Waals surface area contributed by atoms with Crippen molar-refractivity contribution >= 4 is 23.4 Å². The number of rotatable bonds is 4. The van der Waals surface area contributed by atoms with Crippen molar-refractivity contribution in [2.45, 2.75) is 6.92 Å². The summed E-state index contributed by atoms with van der Waals surface area (Å²) in [4.78, 5) is 13.9. The van der Waals surface area contributed by atoms with Crippen molar-refractivity contribution < 1.29 is 9.18 Å². The van der Waals surface area contributed by atoms with Gasteiger partial charge in [0, 0.05) is 31.5 Å². The summed E-state index contributed by atoms with van der Waals surface area (Å²) in [6, 6.07) is 11.7. The molecule has 0 radical (unpaired) electrons. The average Bonchev–Trinajstić information content (AvgIpc) is 2.46. The van der Waals surface area contributed by atoms with E-state index in [1.54, 1.807) is 18.2 Å². The van der Waals surface area contributed by atoms with E-state index < -0.39 is 0 Å². The van der Waals surface area contributed by atoms with Crippen LogP contribution in [-0.4, -0.2) is 20.0 Å². The molecule has 0 aliphatic heterocycles. The molecule has 114 valence electrons. The predicted octanol–water partition coefficient (Wildman–Crippen LogP) is 3.85. The van der Waals surface area contributed by atoms with Crippen LogP contribution in [0.15, 0.2) is 48.5 Å². The van der Waals surface area contributed by atoms with Gasteiger partial charge in [0.05, 0.1) is 0 Å². The number of carbonyl (C=O) groups is 1. The number of halogens is 1. The second-order valence-corrected chi connectivity index (χ2v) is 5.27. The molecule has 0 heterocycles. The Morgan fingerprint density at radius 2 is 1.82 bits per heavy atom. The Hall–Kier alpha value is -2.62. The molecule has 2 rings (SSSR count). The van der Waals surface area contributed by atoms with Gasteiger partial charge in [-0.3, -0.25) is 4.79 Å². The van der Waals surface area contributed by atoms with Gasteiger partial charge in [-0.2, -0.15) is 0 Å². The van der Waals surface area contributed by atoms with Crippen molar-refractivity contribution in [1.29, 1.82) is 0 Å². The van der Waals surface area contributed by atoms with E-state index >= 15 is 0 Å². The standard InChI is InChI=1S/C18H19FN2O/c1-13-12-16(9-10-17(13)21(2)3)20-18(22)11-6-14-4-7-15(19)8-5-14/h4-12H,1-3H3,(H,20,22). The minimum atomic E-state index is -0.293. The van der Waals surface area contributed by atoms with Gasteiger partial charge in [0.25, 0.3) is 0 Å². The number of hydrogen-bond donors (Lipinski definition) is 1. The third-order valence-electron chi connectivity index (χ3n) is 3.24. The summed E-state index contributed by atoms with van der Waals surface area (Å²) in [6.07, 6.45) is 3.08. The largest absolute Gasteiger partial charge is 0.377 e. The SMILES string of the molecule is Cc1cc(NC(=O)C=Cc2ccc(F)cc2)ccc1N(C)C. The first-order chi connectivity index (χ1) is 10.5. The number of nitrogens with one attached hydrogen (secondary N) is 1. The van der Waals surface area contributed by atoms with Crippen LogP contribution in [0.3, 0.4) is 0 Å². The van der Waals surface area contributed by atoms with Gasteiger partial charge >= 0.3 is 0 Å². The molecule has 0 atom stereocenters. The smallest absolute Gasteiger partial charge is 0.248 e. The summed E-state index contributed by atoms with van der Waals surface area (Å²) in [6.45, 7) is 2.00. The molecule has 0 aliphatic carbocycles. The maximum atomic E-state index is 12.8. The molecule has 0 unspecified atom stereocenters. The maximum Gasteiger partial charge on any atom is 0.248 e. The van der Waals surface area contributed by atoms with Gasteiger partial charge in [0.2, 0.25) is 5.91 Å². The molecule has 22 heavy (non-hydrogen) atoms. The number of benzene rings is 2. The van der Waals surface area contributed by atoms with Gasteiger partial charge in [0.15, 0.2) is 0 Å². The van der Waals surface area contributed by atoms with Gasteiger partial charge in [-0.25, -0.2) is 4.39 Å².